The average molecular weight is 341 g/mol. The second kappa shape index (κ2) is 6.43. The van der Waals surface area contributed by atoms with E-state index in [1.807, 2.05) is 6.92 Å². The van der Waals surface area contributed by atoms with E-state index in [1.54, 1.807) is 12.1 Å². The lowest BCUT2D eigenvalue weighted by molar-refractivity contribution is 0.540. The summed E-state index contributed by atoms with van der Waals surface area (Å²) in [5, 5.41) is 0. The highest BCUT2D eigenvalue weighted by Gasteiger charge is 2.14. The van der Waals surface area contributed by atoms with Gasteiger partial charge >= 0.3 is 0 Å². The highest BCUT2D eigenvalue weighted by atomic mass is 79.9. The molecule has 0 bridgehead atoms. The summed E-state index contributed by atoms with van der Waals surface area (Å²) in [5.74, 6) is 4.93. The van der Waals surface area contributed by atoms with Crippen molar-refractivity contribution in [1.29, 1.82) is 0 Å². The summed E-state index contributed by atoms with van der Waals surface area (Å²) in [5.41, 5.74) is 5.18. The molecule has 0 aliphatic heterocycles. The van der Waals surface area contributed by atoms with Crippen molar-refractivity contribution in [2.45, 2.75) is 19.4 Å². The molecule has 1 unspecified atom stereocenters. The highest BCUT2D eigenvalue weighted by molar-refractivity contribution is 9.10. The first-order valence-electron chi connectivity index (χ1n) is 6.16. The number of halogens is 3. The van der Waals surface area contributed by atoms with Gasteiger partial charge in [0.2, 0.25) is 0 Å². The Hall–Kier alpha value is -1.30. The largest absolute Gasteiger partial charge is 0.271 e. The normalized spacial score (nSPS) is 12.4. The SMILES string of the molecule is Cc1ccc(F)cc1CC(NN)c1cc(F)cc(Br)c1. The lowest BCUT2D eigenvalue weighted by Crippen LogP contribution is -2.29. The fourth-order valence-corrected chi connectivity index (χ4v) is 2.61. The summed E-state index contributed by atoms with van der Waals surface area (Å²) in [7, 11) is 0. The van der Waals surface area contributed by atoms with E-state index >= 15 is 0 Å². The van der Waals surface area contributed by atoms with Crippen LogP contribution in [0.25, 0.3) is 0 Å². The topological polar surface area (TPSA) is 38.0 Å². The first-order valence-corrected chi connectivity index (χ1v) is 6.96. The molecule has 0 spiro atoms. The Kier molecular flexibility index (Phi) is 4.86. The van der Waals surface area contributed by atoms with E-state index in [9.17, 15) is 8.78 Å². The minimum Gasteiger partial charge on any atom is -0.271 e. The fraction of sp³-hybridized carbons (Fsp3) is 0.200. The van der Waals surface area contributed by atoms with Crippen LogP contribution >= 0.6 is 15.9 Å². The molecule has 2 nitrogen and oxygen atoms in total. The van der Waals surface area contributed by atoms with Crippen LogP contribution < -0.4 is 11.3 Å². The Labute approximate surface area is 125 Å². The fourth-order valence-electron chi connectivity index (χ4n) is 2.13. The van der Waals surface area contributed by atoms with Gasteiger partial charge in [-0.3, -0.25) is 11.3 Å². The van der Waals surface area contributed by atoms with E-state index in [1.165, 1.54) is 24.3 Å². The minimum absolute atomic E-state index is 0.289. The summed E-state index contributed by atoms with van der Waals surface area (Å²) in [4.78, 5) is 0. The van der Waals surface area contributed by atoms with Crippen molar-refractivity contribution in [2.24, 2.45) is 5.84 Å². The summed E-state index contributed by atoms with van der Waals surface area (Å²) >= 11 is 3.25. The molecule has 2 aromatic rings. The summed E-state index contributed by atoms with van der Waals surface area (Å²) in [6, 6.07) is 8.93. The molecule has 0 aliphatic carbocycles. The Morgan fingerprint density at radius 2 is 1.90 bits per heavy atom. The zero-order chi connectivity index (χ0) is 14.7. The molecule has 0 saturated heterocycles. The lowest BCUT2D eigenvalue weighted by Gasteiger charge is -2.18. The first-order chi connectivity index (χ1) is 9.49. The molecule has 0 fully saturated rings. The van der Waals surface area contributed by atoms with Crippen LogP contribution in [0.1, 0.15) is 22.7 Å². The van der Waals surface area contributed by atoms with E-state index < -0.39 is 0 Å². The van der Waals surface area contributed by atoms with Crippen LogP contribution in [0.2, 0.25) is 0 Å². The number of benzene rings is 2. The van der Waals surface area contributed by atoms with Crippen molar-refractivity contribution in [1.82, 2.24) is 5.43 Å². The van der Waals surface area contributed by atoms with Gasteiger partial charge in [-0.15, -0.1) is 0 Å². The van der Waals surface area contributed by atoms with E-state index in [0.717, 1.165) is 11.1 Å². The third kappa shape index (κ3) is 3.62. The highest BCUT2D eigenvalue weighted by Crippen LogP contribution is 2.24. The lowest BCUT2D eigenvalue weighted by atomic mass is 9.96. The van der Waals surface area contributed by atoms with Crippen LogP contribution in [-0.4, -0.2) is 0 Å². The zero-order valence-corrected chi connectivity index (χ0v) is 12.5. The summed E-state index contributed by atoms with van der Waals surface area (Å²) < 4.78 is 27.4. The first kappa shape index (κ1) is 15.1. The number of rotatable bonds is 4. The number of hydrogen-bond donors (Lipinski definition) is 2. The molecule has 0 heterocycles. The number of hydrogen-bond acceptors (Lipinski definition) is 2. The second-order valence-corrected chi connectivity index (χ2v) is 5.61. The number of nitrogens with two attached hydrogens (primary N) is 1. The molecule has 0 saturated carbocycles. The maximum atomic E-state index is 13.4. The van der Waals surface area contributed by atoms with Gasteiger partial charge in [-0.05, 0) is 60.4 Å². The maximum absolute atomic E-state index is 13.4. The molecule has 3 N–H and O–H groups in total. The van der Waals surface area contributed by atoms with Crippen LogP contribution in [0.4, 0.5) is 8.78 Å². The minimum atomic E-state index is -0.342. The zero-order valence-electron chi connectivity index (χ0n) is 11.0. The third-order valence-electron chi connectivity index (χ3n) is 3.22. The monoisotopic (exact) mass is 340 g/mol. The van der Waals surface area contributed by atoms with Gasteiger partial charge in [0.05, 0.1) is 6.04 Å². The van der Waals surface area contributed by atoms with Crippen molar-refractivity contribution in [3.63, 3.8) is 0 Å². The third-order valence-corrected chi connectivity index (χ3v) is 3.68. The number of nitrogens with one attached hydrogen (secondary N) is 1. The smallest absolute Gasteiger partial charge is 0.124 e. The van der Waals surface area contributed by atoms with Gasteiger partial charge < -0.3 is 0 Å². The Morgan fingerprint density at radius 1 is 1.15 bits per heavy atom. The van der Waals surface area contributed by atoms with Crippen molar-refractivity contribution < 1.29 is 8.78 Å². The summed E-state index contributed by atoms with van der Waals surface area (Å²) in [6.45, 7) is 1.91. The molecule has 2 rings (SSSR count). The van der Waals surface area contributed by atoms with E-state index in [-0.39, 0.29) is 17.7 Å². The Bertz CT molecular complexity index is 597. The van der Waals surface area contributed by atoms with E-state index in [2.05, 4.69) is 21.4 Å². The Morgan fingerprint density at radius 3 is 2.55 bits per heavy atom. The van der Waals surface area contributed by atoms with Gasteiger partial charge in [-0.2, -0.15) is 0 Å². The maximum Gasteiger partial charge on any atom is 0.124 e. The van der Waals surface area contributed by atoms with Crippen LogP contribution in [0, 0.1) is 18.6 Å². The molecule has 1 atom stereocenters. The average Bonchev–Trinajstić information content (AvgIpc) is 2.38. The molecular weight excluding hydrogens is 326 g/mol. The van der Waals surface area contributed by atoms with Crippen LogP contribution in [-0.2, 0) is 6.42 Å². The van der Waals surface area contributed by atoms with Gasteiger partial charge in [0.15, 0.2) is 0 Å². The van der Waals surface area contributed by atoms with E-state index in [0.29, 0.717) is 16.5 Å². The van der Waals surface area contributed by atoms with Crippen molar-refractivity contribution in [2.75, 3.05) is 0 Å². The Balaban J connectivity index is 2.30. The van der Waals surface area contributed by atoms with Crippen LogP contribution in [0.15, 0.2) is 40.9 Å². The molecule has 0 aliphatic rings. The quantitative estimate of drug-likeness (QED) is 0.656. The van der Waals surface area contributed by atoms with Gasteiger partial charge in [0, 0.05) is 4.47 Å². The standard InChI is InChI=1S/C15H15BrF2N2/c1-9-2-3-13(17)5-10(9)7-15(20-19)11-4-12(16)8-14(18)6-11/h2-6,8,15,20H,7,19H2,1H3. The molecule has 0 amide bonds. The van der Waals surface area contributed by atoms with Crippen molar-refractivity contribution in [3.8, 4) is 0 Å². The molecule has 20 heavy (non-hydrogen) atoms. The second-order valence-electron chi connectivity index (χ2n) is 4.70. The van der Waals surface area contributed by atoms with E-state index in [4.69, 9.17) is 5.84 Å². The predicted octanol–water partition coefficient (Wildman–Crippen LogP) is 3.78. The van der Waals surface area contributed by atoms with Crippen molar-refractivity contribution in [3.05, 3.63) is 69.2 Å². The predicted molar refractivity (Wildman–Crippen MR) is 79.0 cm³/mol. The number of aryl methyl sites for hydroxylation is 1. The van der Waals surface area contributed by atoms with Gasteiger partial charge in [0.25, 0.3) is 0 Å². The number of hydrazine groups is 1. The molecular formula is C15H15BrF2N2. The molecule has 106 valence electrons. The van der Waals surface area contributed by atoms with Crippen LogP contribution in [0.3, 0.4) is 0 Å². The molecule has 5 heteroatoms. The van der Waals surface area contributed by atoms with Crippen molar-refractivity contribution >= 4 is 15.9 Å². The molecule has 2 aromatic carbocycles. The molecule has 0 radical (unpaired) electrons. The molecule has 0 aromatic heterocycles. The van der Waals surface area contributed by atoms with Crippen LogP contribution in [0.5, 0.6) is 0 Å². The van der Waals surface area contributed by atoms with Gasteiger partial charge in [0.1, 0.15) is 11.6 Å². The summed E-state index contributed by atoms with van der Waals surface area (Å²) in [6.07, 6.45) is 0.482. The van der Waals surface area contributed by atoms with Gasteiger partial charge in [-0.1, -0.05) is 22.0 Å². The van der Waals surface area contributed by atoms with Gasteiger partial charge in [-0.25, -0.2) is 8.78 Å².